The molecule has 3 heteroatoms. The van der Waals surface area contributed by atoms with Crippen LogP contribution in [0.15, 0.2) is 11.2 Å². The van der Waals surface area contributed by atoms with Gasteiger partial charge in [-0.3, -0.25) is 0 Å². The van der Waals surface area contributed by atoms with Crippen LogP contribution in [0.5, 0.6) is 0 Å². The second-order valence-electron chi connectivity index (χ2n) is 2.49. The van der Waals surface area contributed by atoms with E-state index in [0.29, 0.717) is 5.92 Å². The molecule has 0 atom stereocenters. The van der Waals surface area contributed by atoms with E-state index in [1.807, 2.05) is 7.05 Å². The van der Waals surface area contributed by atoms with Crippen LogP contribution in [-0.4, -0.2) is 12.8 Å². The van der Waals surface area contributed by atoms with E-state index >= 15 is 0 Å². The smallest absolute Gasteiger partial charge is 0.0836 e. The molecule has 0 aromatic heterocycles. The Morgan fingerprint density at radius 3 is 2.60 bits per heavy atom. The number of rotatable bonds is 4. The molecule has 0 aromatic carbocycles. The summed E-state index contributed by atoms with van der Waals surface area (Å²) >= 11 is 1.75. The Morgan fingerprint density at radius 1 is 1.70 bits per heavy atom. The normalized spacial score (nSPS) is 12.2. The van der Waals surface area contributed by atoms with E-state index in [0.717, 1.165) is 10.8 Å². The van der Waals surface area contributed by atoms with Gasteiger partial charge in [0.1, 0.15) is 0 Å². The zero-order valence-electron chi connectivity index (χ0n) is 6.85. The number of hydrogen-bond donors (Lipinski definition) is 2. The largest absolute Gasteiger partial charge is 0.403 e. The van der Waals surface area contributed by atoms with Gasteiger partial charge < -0.3 is 11.1 Å². The first-order valence-electron chi connectivity index (χ1n) is 3.43. The van der Waals surface area contributed by atoms with Crippen LogP contribution in [-0.2, 0) is 0 Å². The molecule has 0 unspecified atom stereocenters. The van der Waals surface area contributed by atoms with Crippen LogP contribution in [0.25, 0.3) is 0 Å². The number of hydrogen-bond acceptors (Lipinski definition) is 3. The molecule has 3 N–H and O–H groups in total. The predicted octanol–water partition coefficient (Wildman–Crippen LogP) is 1.35. The summed E-state index contributed by atoms with van der Waals surface area (Å²) in [6.45, 7) is 4.38. The summed E-state index contributed by atoms with van der Waals surface area (Å²) in [5.74, 6) is 1.83. The van der Waals surface area contributed by atoms with E-state index < -0.39 is 0 Å². The van der Waals surface area contributed by atoms with Gasteiger partial charge in [-0.15, -0.1) is 11.8 Å². The summed E-state index contributed by atoms with van der Waals surface area (Å²) in [6.07, 6.45) is 1.60. The molecule has 60 valence electrons. The highest BCUT2D eigenvalue weighted by atomic mass is 32.2. The molecular weight excluding hydrogens is 144 g/mol. The second-order valence-corrected chi connectivity index (χ2v) is 3.55. The van der Waals surface area contributed by atoms with Gasteiger partial charge in [-0.1, -0.05) is 13.8 Å². The Kier molecular flexibility index (Phi) is 5.30. The zero-order chi connectivity index (χ0) is 7.98. The van der Waals surface area contributed by atoms with E-state index in [2.05, 4.69) is 19.2 Å². The molecule has 0 fully saturated rings. The lowest BCUT2D eigenvalue weighted by Crippen LogP contribution is -2.06. The first kappa shape index (κ1) is 9.69. The summed E-state index contributed by atoms with van der Waals surface area (Å²) < 4.78 is 0. The summed E-state index contributed by atoms with van der Waals surface area (Å²) in [6, 6.07) is 0. The van der Waals surface area contributed by atoms with Crippen molar-refractivity contribution < 1.29 is 0 Å². The molecule has 0 rings (SSSR count). The summed E-state index contributed by atoms with van der Waals surface area (Å²) in [7, 11) is 1.88. The molecule has 0 aliphatic carbocycles. The average Bonchev–Trinajstić information content (AvgIpc) is 1.90. The van der Waals surface area contributed by atoms with Crippen molar-refractivity contribution in [3.05, 3.63) is 11.2 Å². The third-order valence-electron chi connectivity index (χ3n) is 0.970. The van der Waals surface area contributed by atoms with Gasteiger partial charge in [0.2, 0.25) is 0 Å². The molecule has 0 amide bonds. The molecule has 0 bridgehead atoms. The van der Waals surface area contributed by atoms with Crippen LogP contribution in [0.1, 0.15) is 13.8 Å². The molecule has 0 saturated carbocycles. The first-order chi connectivity index (χ1) is 4.70. The van der Waals surface area contributed by atoms with Gasteiger partial charge in [0.05, 0.1) is 5.03 Å². The lowest BCUT2D eigenvalue weighted by Gasteiger charge is -2.06. The van der Waals surface area contributed by atoms with Crippen molar-refractivity contribution in [2.75, 3.05) is 12.8 Å². The Morgan fingerprint density at radius 2 is 2.30 bits per heavy atom. The summed E-state index contributed by atoms with van der Waals surface area (Å²) in [5, 5.41) is 4.06. The monoisotopic (exact) mass is 160 g/mol. The minimum atomic E-state index is 0.716. The topological polar surface area (TPSA) is 38.0 Å². The lowest BCUT2D eigenvalue weighted by molar-refractivity contribution is 0.750. The van der Waals surface area contributed by atoms with Crippen molar-refractivity contribution in [1.29, 1.82) is 0 Å². The Balaban J connectivity index is 3.46. The zero-order valence-corrected chi connectivity index (χ0v) is 7.66. The van der Waals surface area contributed by atoms with Gasteiger partial charge in [0.15, 0.2) is 0 Å². The molecule has 0 aliphatic heterocycles. The quantitative estimate of drug-likeness (QED) is 0.652. The van der Waals surface area contributed by atoms with Crippen molar-refractivity contribution in [2.45, 2.75) is 13.8 Å². The maximum Gasteiger partial charge on any atom is 0.0836 e. The highest BCUT2D eigenvalue weighted by Crippen LogP contribution is 2.14. The molecule has 0 saturated heterocycles. The molecule has 0 radical (unpaired) electrons. The van der Waals surface area contributed by atoms with Gasteiger partial charge in [-0.05, 0) is 5.92 Å². The van der Waals surface area contributed by atoms with Crippen LogP contribution < -0.4 is 11.1 Å². The average molecular weight is 160 g/mol. The van der Waals surface area contributed by atoms with Crippen LogP contribution in [0, 0.1) is 5.92 Å². The highest BCUT2D eigenvalue weighted by molar-refractivity contribution is 8.03. The molecule has 0 spiro atoms. The molecule has 0 heterocycles. The standard InChI is InChI=1S/C7H16N2S/c1-6(2)5-10-7(4-8)9-3/h4,6,9H,5,8H2,1-3H3/b7-4-. The van der Waals surface area contributed by atoms with Crippen molar-refractivity contribution in [3.63, 3.8) is 0 Å². The third kappa shape index (κ3) is 4.56. The SMILES string of the molecule is CN/C(=C/N)SCC(C)C. The predicted molar refractivity (Wildman–Crippen MR) is 48.6 cm³/mol. The first-order valence-corrected chi connectivity index (χ1v) is 4.41. The van der Waals surface area contributed by atoms with Gasteiger partial charge in [0.25, 0.3) is 0 Å². The van der Waals surface area contributed by atoms with Crippen molar-refractivity contribution in [2.24, 2.45) is 11.7 Å². The fourth-order valence-electron chi connectivity index (χ4n) is 0.460. The van der Waals surface area contributed by atoms with Crippen LogP contribution >= 0.6 is 11.8 Å². The number of nitrogens with two attached hydrogens (primary N) is 1. The van der Waals surface area contributed by atoms with E-state index in [-0.39, 0.29) is 0 Å². The third-order valence-corrected chi connectivity index (χ3v) is 2.45. The summed E-state index contributed by atoms with van der Waals surface area (Å²) in [4.78, 5) is 0. The van der Waals surface area contributed by atoms with Crippen molar-refractivity contribution >= 4 is 11.8 Å². The van der Waals surface area contributed by atoms with E-state index in [9.17, 15) is 0 Å². The van der Waals surface area contributed by atoms with Crippen LogP contribution in [0.3, 0.4) is 0 Å². The lowest BCUT2D eigenvalue weighted by atomic mass is 10.3. The number of thioether (sulfide) groups is 1. The maximum absolute atomic E-state index is 5.32. The van der Waals surface area contributed by atoms with Gasteiger partial charge in [-0.25, -0.2) is 0 Å². The Hall–Kier alpha value is -0.310. The fraction of sp³-hybridized carbons (Fsp3) is 0.714. The van der Waals surface area contributed by atoms with Crippen LogP contribution in [0.4, 0.5) is 0 Å². The van der Waals surface area contributed by atoms with Crippen molar-refractivity contribution in [3.8, 4) is 0 Å². The Labute approximate surface area is 67.3 Å². The number of nitrogens with one attached hydrogen (secondary N) is 1. The van der Waals surface area contributed by atoms with E-state index in [1.54, 1.807) is 18.0 Å². The molecule has 0 aliphatic rings. The minimum Gasteiger partial charge on any atom is -0.403 e. The van der Waals surface area contributed by atoms with Gasteiger partial charge >= 0.3 is 0 Å². The minimum absolute atomic E-state index is 0.716. The van der Waals surface area contributed by atoms with Crippen molar-refractivity contribution in [1.82, 2.24) is 5.32 Å². The van der Waals surface area contributed by atoms with Gasteiger partial charge in [-0.2, -0.15) is 0 Å². The molecular formula is C7H16N2S. The molecule has 10 heavy (non-hydrogen) atoms. The highest BCUT2D eigenvalue weighted by Gasteiger charge is 1.96. The van der Waals surface area contributed by atoms with E-state index in [4.69, 9.17) is 5.73 Å². The molecule has 2 nitrogen and oxygen atoms in total. The van der Waals surface area contributed by atoms with E-state index in [1.165, 1.54) is 0 Å². The van der Waals surface area contributed by atoms with Crippen LogP contribution in [0.2, 0.25) is 0 Å². The summed E-state index contributed by atoms with van der Waals surface area (Å²) in [5.41, 5.74) is 5.32. The Bertz CT molecular complexity index is 110. The second kappa shape index (κ2) is 5.47. The maximum atomic E-state index is 5.32. The fourth-order valence-corrected chi connectivity index (χ4v) is 1.21. The van der Waals surface area contributed by atoms with Gasteiger partial charge in [0, 0.05) is 19.0 Å². The molecule has 0 aromatic rings.